The van der Waals surface area contributed by atoms with Crippen molar-refractivity contribution in [3.8, 4) is 0 Å². The van der Waals surface area contributed by atoms with Crippen LogP contribution < -0.4 is 0 Å². The van der Waals surface area contributed by atoms with Gasteiger partial charge in [-0.3, -0.25) is 0 Å². The fourth-order valence-corrected chi connectivity index (χ4v) is 2.93. The number of hydrogen-bond acceptors (Lipinski definition) is 2. The summed E-state index contributed by atoms with van der Waals surface area (Å²) in [5.41, 5.74) is 4.76. The van der Waals surface area contributed by atoms with Crippen molar-refractivity contribution in [1.29, 1.82) is 0 Å². The maximum absolute atomic E-state index is 11.9. The summed E-state index contributed by atoms with van der Waals surface area (Å²) in [6, 6.07) is 0. The van der Waals surface area contributed by atoms with Gasteiger partial charge in [0.05, 0.1) is 7.11 Å². The van der Waals surface area contributed by atoms with E-state index in [1.807, 2.05) is 6.08 Å². The van der Waals surface area contributed by atoms with E-state index in [0.717, 1.165) is 30.4 Å². The molecule has 0 spiro atoms. The van der Waals surface area contributed by atoms with Gasteiger partial charge in [-0.1, -0.05) is 69.2 Å². The van der Waals surface area contributed by atoms with Gasteiger partial charge in [-0.2, -0.15) is 0 Å². The topological polar surface area (TPSA) is 26.3 Å². The average Bonchev–Trinajstić information content (AvgIpc) is 2.52. The maximum Gasteiger partial charge on any atom is 0.333 e. The molecule has 1 atom stereocenters. The molecule has 0 radical (unpaired) electrons. The second-order valence-electron chi connectivity index (χ2n) is 8.15. The number of allylic oxidation sites excluding steroid dienone is 6. The largest absolute Gasteiger partial charge is 0.466 e. The normalized spacial score (nSPS) is 18.4. The minimum Gasteiger partial charge on any atom is -0.466 e. The van der Waals surface area contributed by atoms with Gasteiger partial charge in [0.2, 0.25) is 0 Å². The molecule has 1 aliphatic rings. The minimum absolute atomic E-state index is 0.0812. The van der Waals surface area contributed by atoms with Crippen molar-refractivity contribution in [1.82, 2.24) is 0 Å². The Morgan fingerprint density at radius 1 is 1.25 bits per heavy atom. The van der Waals surface area contributed by atoms with Crippen LogP contribution in [0.4, 0.5) is 0 Å². The van der Waals surface area contributed by atoms with Crippen molar-refractivity contribution < 1.29 is 9.53 Å². The first-order chi connectivity index (χ1) is 11.0. The van der Waals surface area contributed by atoms with E-state index in [1.54, 1.807) is 0 Å². The number of carbonyl (C=O) groups is 1. The Hall–Kier alpha value is -1.57. The molecule has 0 amide bonds. The molecule has 1 unspecified atom stereocenters. The zero-order chi connectivity index (χ0) is 18.5. The van der Waals surface area contributed by atoms with Crippen LogP contribution in [0.25, 0.3) is 0 Å². The van der Waals surface area contributed by atoms with E-state index < -0.39 is 0 Å². The second kappa shape index (κ2) is 8.00. The summed E-state index contributed by atoms with van der Waals surface area (Å²) < 4.78 is 4.89. The molecule has 0 aromatic carbocycles. The van der Waals surface area contributed by atoms with E-state index >= 15 is 0 Å². The van der Waals surface area contributed by atoms with Gasteiger partial charge in [-0.15, -0.1) is 0 Å². The molecule has 1 rings (SSSR count). The lowest BCUT2D eigenvalue weighted by atomic mass is 9.69. The quantitative estimate of drug-likeness (QED) is 0.430. The summed E-state index contributed by atoms with van der Waals surface area (Å²) in [6.45, 7) is 17.5. The second-order valence-corrected chi connectivity index (χ2v) is 8.15. The van der Waals surface area contributed by atoms with Gasteiger partial charge < -0.3 is 4.74 Å². The van der Waals surface area contributed by atoms with E-state index in [-0.39, 0.29) is 16.8 Å². The average molecular weight is 331 g/mol. The van der Waals surface area contributed by atoms with Crippen LogP contribution in [0.1, 0.15) is 67.2 Å². The lowest BCUT2D eigenvalue weighted by Gasteiger charge is -2.35. The number of carbonyl (C=O) groups excluding carboxylic acids is 1. The first kappa shape index (κ1) is 20.5. The van der Waals surface area contributed by atoms with Crippen LogP contribution in [-0.4, -0.2) is 13.1 Å². The van der Waals surface area contributed by atoms with Gasteiger partial charge in [-0.25, -0.2) is 4.79 Å². The van der Waals surface area contributed by atoms with Crippen LogP contribution in [0.5, 0.6) is 0 Å². The Labute approximate surface area is 148 Å². The molecule has 0 heterocycles. The third-order valence-corrected chi connectivity index (χ3v) is 5.49. The molecule has 24 heavy (non-hydrogen) atoms. The van der Waals surface area contributed by atoms with Crippen LogP contribution in [-0.2, 0) is 9.53 Å². The molecule has 0 bridgehead atoms. The van der Waals surface area contributed by atoms with Crippen LogP contribution >= 0.6 is 0 Å². The fourth-order valence-electron chi connectivity index (χ4n) is 2.93. The van der Waals surface area contributed by atoms with Gasteiger partial charge in [-0.05, 0) is 38.5 Å². The third-order valence-electron chi connectivity index (χ3n) is 5.49. The summed E-state index contributed by atoms with van der Waals surface area (Å²) in [4.78, 5) is 11.9. The van der Waals surface area contributed by atoms with Gasteiger partial charge in [0.25, 0.3) is 0 Å². The first-order valence-corrected chi connectivity index (χ1v) is 8.82. The van der Waals surface area contributed by atoms with Crippen LogP contribution in [0.15, 0.2) is 47.1 Å². The molecule has 0 aromatic heterocycles. The Balaban J connectivity index is 2.92. The van der Waals surface area contributed by atoms with Crippen molar-refractivity contribution in [3.05, 3.63) is 47.1 Å². The van der Waals surface area contributed by atoms with Crippen LogP contribution in [0, 0.1) is 10.8 Å². The minimum atomic E-state index is -0.215. The van der Waals surface area contributed by atoms with E-state index in [1.165, 1.54) is 18.3 Å². The number of rotatable bonds is 6. The van der Waals surface area contributed by atoms with Crippen molar-refractivity contribution in [2.45, 2.75) is 67.2 Å². The number of ether oxygens (including phenoxy) is 1. The highest BCUT2D eigenvalue weighted by Gasteiger charge is 2.31. The monoisotopic (exact) mass is 330 g/mol. The molecule has 0 fully saturated rings. The van der Waals surface area contributed by atoms with E-state index in [4.69, 9.17) is 4.74 Å². The van der Waals surface area contributed by atoms with E-state index in [0.29, 0.717) is 6.42 Å². The molecule has 1 aliphatic carbocycles. The molecule has 134 valence electrons. The fraction of sp³-hybridized carbons (Fsp3) is 0.591. The molecule has 0 saturated heterocycles. The molecule has 0 N–H and O–H groups in total. The van der Waals surface area contributed by atoms with Gasteiger partial charge in [0.15, 0.2) is 0 Å². The molecular weight excluding hydrogens is 296 g/mol. The Bertz CT molecular complexity index is 582. The maximum atomic E-state index is 11.9. The lowest BCUT2D eigenvalue weighted by molar-refractivity contribution is -0.136. The zero-order valence-electron chi connectivity index (χ0n) is 16.6. The smallest absolute Gasteiger partial charge is 0.333 e. The van der Waals surface area contributed by atoms with Gasteiger partial charge in [0, 0.05) is 17.4 Å². The number of esters is 1. The standard InChI is InChI=1S/C22H34O2/c1-16(2)22(7,14-10-11-17(3)21(4,5)6)19-13-9-12-18(15-19)20(23)24-8/h11-13H,1,9-10,14-15H2,2-8H3. The molecule has 2 heteroatoms. The summed E-state index contributed by atoms with van der Waals surface area (Å²) in [7, 11) is 1.44. The van der Waals surface area contributed by atoms with Gasteiger partial charge >= 0.3 is 5.97 Å². The summed E-state index contributed by atoms with van der Waals surface area (Å²) in [6.07, 6.45) is 10.1. The molecular formula is C22H34O2. The highest BCUT2D eigenvalue weighted by molar-refractivity contribution is 5.89. The molecule has 2 nitrogen and oxygen atoms in total. The number of hydrogen-bond donors (Lipinski definition) is 0. The summed E-state index contributed by atoms with van der Waals surface area (Å²) >= 11 is 0. The number of methoxy groups -OCH3 is 1. The third kappa shape index (κ3) is 4.96. The van der Waals surface area contributed by atoms with Crippen molar-refractivity contribution in [2.24, 2.45) is 10.8 Å². The van der Waals surface area contributed by atoms with Crippen molar-refractivity contribution in [3.63, 3.8) is 0 Å². The Morgan fingerprint density at radius 3 is 2.38 bits per heavy atom. The van der Waals surface area contributed by atoms with Crippen molar-refractivity contribution >= 4 is 5.97 Å². The Kier molecular flexibility index (Phi) is 6.83. The molecule has 0 saturated carbocycles. The summed E-state index contributed by atoms with van der Waals surface area (Å²) in [5, 5.41) is 0. The van der Waals surface area contributed by atoms with E-state index in [9.17, 15) is 4.79 Å². The Morgan fingerprint density at radius 2 is 1.88 bits per heavy atom. The SMILES string of the molecule is C=C(C)C(C)(CCC=C(C)C(C)(C)C)C1=CCC=C(C(=O)OC)C1. The molecule has 0 aliphatic heterocycles. The van der Waals surface area contributed by atoms with Crippen LogP contribution in [0.2, 0.25) is 0 Å². The lowest BCUT2D eigenvalue weighted by Crippen LogP contribution is -2.23. The van der Waals surface area contributed by atoms with Crippen molar-refractivity contribution in [2.75, 3.05) is 7.11 Å². The van der Waals surface area contributed by atoms with E-state index in [2.05, 4.69) is 60.3 Å². The molecule has 0 aromatic rings. The highest BCUT2D eigenvalue weighted by atomic mass is 16.5. The zero-order valence-corrected chi connectivity index (χ0v) is 16.6. The van der Waals surface area contributed by atoms with Gasteiger partial charge in [0.1, 0.15) is 0 Å². The summed E-state index contributed by atoms with van der Waals surface area (Å²) in [5.74, 6) is -0.215. The predicted molar refractivity (Wildman–Crippen MR) is 103 cm³/mol. The first-order valence-electron chi connectivity index (χ1n) is 8.82. The highest BCUT2D eigenvalue weighted by Crippen LogP contribution is 2.43. The van der Waals surface area contributed by atoms with Crippen LogP contribution in [0.3, 0.4) is 0 Å². The predicted octanol–water partition coefficient (Wildman–Crippen LogP) is 6.16.